The number of carbonyl (C=O) groups is 3. The first-order chi connectivity index (χ1) is 13.3. The highest BCUT2D eigenvalue weighted by molar-refractivity contribution is 8.18. The largest absolute Gasteiger partial charge is 0.502 e. The Morgan fingerprint density at radius 1 is 1.36 bits per heavy atom. The summed E-state index contributed by atoms with van der Waals surface area (Å²) in [4.78, 5) is 47.1. The van der Waals surface area contributed by atoms with Crippen LogP contribution in [-0.4, -0.2) is 39.2 Å². The molecule has 1 N–H and O–H groups in total. The number of carbonyl (C=O) groups excluding carboxylic acids is 3. The van der Waals surface area contributed by atoms with Crippen LogP contribution in [-0.2, 0) is 16.1 Å². The van der Waals surface area contributed by atoms with Crippen molar-refractivity contribution in [1.29, 1.82) is 0 Å². The third-order valence-electron chi connectivity index (χ3n) is 3.77. The summed E-state index contributed by atoms with van der Waals surface area (Å²) in [5, 5.41) is 20.3. The van der Waals surface area contributed by atoms with Gasteiger partial charge >= 0.3 is 11.7 Å². The number of esters is 1. The number of nitro benzene ring substituents is 1. The number of aromatic hydroxyl groups is 1. The number of furan rings is 1. The average molecular weight is 404 g/mol. The van der Waals surface area contributed by atoms with Crippen molar-refractivity contribution in [2.45, 2.75) is 6.54 Å². The standard InChI is InChI=1S/C17H12N2O8S/c1-26-16(22)12-6-5-10(27-12)8-18-15(21)13(28-17(18)23)7-9-3-2-4-11(14(9)20)19(24)25/h2-7,20H,8H2,1H3. The molecule has 1 aromatic heterocycles. The van der Waals surface area contributed by atoms with Gasteiger partial charge in [-0.05, 0) is 30.0 Å². The van der Waals surface area contributed by atoms with Gasteiger partial charge in [0, 0.05) is 11.6 Å². The van der Waals surface area contributed by atoms with Crippen LogP contribution < -0.4 is 0 Å². The minimum atomic E-state index is -0.756. The zero-order valence-electron chi connectivity index (χ0n) is 14.3. The molecule has 0 radical (unpaired) electrons. The lowest BCUT2D eigenvalue weighted by atomic mass is 10.1. The molecule has 2 amide bonds. The third kappa shape index (κ3) is 3.60. The Kier molecular flexibility index (Phi) is 5.18. The molecule has 10 nitrogen and oxygen atoms in total. The van der Waals surface area contributed by atoms with Gasteiger partial charge in [-0.25, -0.2) is 4.79 Å². The van der Waals surface area contributed by atoms with Gasteiger partial charge in [-0.3, -0.25) is 24.6 Å². The predicted molar refractivity (Wildman–Crippen MR) is 96.3 cm³/mol. The number of phenols is 1. The monoisotopic (exact) mass is 404 g/mol. The van der Waals surface area contributed by atoms with E-state index in [9.17, 15) is 29.6 Å². The Morgan fingerprint density at radius 2 is 2.11 bits per heavy atom. The van der Waals surface area contributed by atoms with Crippen LogP contribution in [0.2, 0.25) is 0 Å². The highest BCUT2D eigenvalue weighted by Gasteiger charge is 2.36. The molecular formula is C17H12N2O8S. The first-order valence-corrected chi connectivity index (χ1v) is 8.52. The summed E-state index contributed by atoms with van der Waals surface area (Å²) in [5.41, 5.74) is -0.482. The fourth-order valence-electron chi connectivity index (χ4n) is 2.42. The van der Waals surface area contributed by atoms with Crippen LogP contribution in [0.5, 0.6) is 5.75 Å². The van der Waals surface area contributed by atoms with Crippen molar-refractivity contribution < 1.29 is 33.6 Å². The van der Waals surface area contributed by atoms with Gasteiger partial charge in [0.05, 0.1) is 23.5 Å². The fraction of sp³-hybridized carbons (Fsp3) is 0.118. The highest BCUT2D eigenvalue weighted by atomic mass is 32.2. The molecule has 2 aromatic rings. The highest BCUT2D eigenvalue weighted by Crippen LogP contribution is 2.37. The Labute approximate surface area is 161 Å². The zero-order chi connectivity index (χ0) is 20.4. The number of hydrogen-bond acceptors (Lipinski definition) is 9. The third-order valence-corrected chi connectivity index (χ3v) is 4.67. The topological polar surface area (TPSA) is 140 Å². The second-order valence-corrected chi connectivity index (χ2v) is 6.49. The summed E-state index contributed by atoms with van der Waals surface area (Å²) in [6.07, 6.45) is 1.20. The summed E-state index contributed by atoms with van der Waals surface area (Å²) in [6.45, 7) is -0.208. The number of amides is 2. The number of para-hydroxylation sites is 1. The fourth-order valence-corrected chi connectivity index (χ4v) is 3.25. The summed E-state index contributed by atoms with van der Waals surface area (Å²) in [5.74, 6) is -1.82. The van der Waals surface area contributed by atoms with Gasteiger partial charge in [0.2, 0.25) is 11.5 Å². The van der Waals surface area contributed by atoms with E-state index in [1.165, 1.54) is 37.5 Å². The van der Waals surface area contributed by atoms with E-state index < -0.39 is 33.5 Å². The maximum absolute atomic E-state index is 12.5. The Hall–Kier alpha value is -3.60. The first kappa shape index (κ1) is 19.2. The van der Waals surface area contributed by atoms with Gasteiger partial charge in [-0.2, -0.15) is 0 Å². The molecule has 144 valence electrons. The molecule has 0 unspecified atom stereocenters. The summed E-state index contributed by atoms with van der Waals surface area (Å²) < 4.78 is 9.76. The molecule has 2 heterocycles. The molecule has 3 rings (SSSR count). The van der Waals surface area contributed by atoms with Crippen molar-refractivity contribution in [1.82, 2.24) is 4.90 Å². The van der Waals surface area contributed by atoms with Crippen LogP contribution in [0.15, 0.2) is 39.7 Å². The van der Waals surface area contributed by atoms with E-state index in [2.05, 4.69) is 4.74 Å². The van der Waals surface area contributed by atoms with Crippen molar-refractivity contribution in [2.24, 2.45) is 0 Å². The van der Waals surface area contributed by atoms with E-state index in [1.54, 1.807) is 0 Å². The number of phenolic OH excluding ortho intramolecular Hbond substituents is 1. The molecule has 28 heavy (non-hydrogen) atoms. The van der Waals surface area contributed by atoms with E-state index in [4.69, 9.17) is 4.42 Å². The summed E-state index contributed by atoms with van der Waals surface area (Å²) in [6, 6.07) is 6.65. The van der Waals surface area contributed by atoms with Crippen molar-refractivity contribution in [2.75, 3.05) is 7.11 Å². The maximum atomic E-state index is 12.5. The number of nitrogens with zero attached hydrogens (tertiary/aromatic N) is 2. The lowest BCUT2D eigenvalue weighted by molar-refractivity contribution is -0.385. The second kappa shape index (κ2) is 7.56. The van der Waals surface area contributed by atoms with E-state index in [0.717, 1.165) is 11.0 Å². The van der Waals surface area contributed by atoms with Crippen molar-refractivity contribution >= 4 is 40.6 Å². The Morgan fingerprint density at radius 3 is 2.79 bits per heavy atom. The molecule has 0 bridgehead atoms. The molecule has 0 saturated carbocycles. The van der Waals surface area contributed by atoms with Gasteiger partial charge in [0.25, 0.3) is 11.1 Å². The van der Waals surface area contributed by atoms with Crippen LogP contribution in [0.4, 0.5) is 10.5 Å². The van der Waals surface area contributed by atoms with E-state index in [1.807, 2.05) is 0 Å². The first-order valence-electron chi connectivity index (χ1n) is 7.70. The van der Waals surface area contributed by atoms with Gasteiger partial charge in [-0.15, -0.1) is 0 Å². The molecule has 1 fully saturated rings. The Bertz CT molecular complexity index is 1030. The average Bonchev–Trinajstić information content (AvgIpc) is 3.23. The van der Waals surface area contributed by atoms with Gasteiger partial charge in [0.15, 0.2) is 0 Å². The molecule has 1 saturated heterocycles. The molecular weight excluding hydrogens is 392 g/mol. The molecule has 0 aliphatic carbocycles. The number of methoxy groups -OCH3 is 1. The minimum Gasteiger partial charge on any atom is -0.502 e. The normalized spacial score (nSPS) is 15.3. The van der Waals surface area contributed by atoms with Crippen LogP contribution in [0, 0.1) is 10.1 Å². The predicted octanol–water partition coefficient (Wildman–Crippen LogP) is 2.92. The lowest BCUT2D eigenvalue weighted by Crippen LogP contribution is -2.27. The number of imide groups is 1. The number of benzene rings is 1. The van der Waals surface area contributed by atoms with Gasteiger partial charge in [0.1, 0.15) is 5.76 Å². The van der Waals surface area contributed by atoms with Gasteiger partial charge in [-0.1, -0.05) is 12.1 Å². The summed E-state index contributed by atoms with van der Waals surface area (Å²) in [7, 11) is 1.19. The molecule has 1 aromatic carbocycles. The number of hydrogen-bond donors (Lipinski definition) is 1. The quantitative estimate of drug-likeness (QED) is 0.344. The van der Waals surface area contributed by atoms with E-state index >= 15 is 0 Å². The van der Waals surface area contributed by atoms with Crippen LogP contribution in [0.25, 0.3) is 6.08 Å². The number of rotatable bonds is 5. The van der Waals surface area contributed by atoms with E-state index in [0.29, 0.717) is 11.8 Å². The maximum Gasteiger partial charge on any atom is 0.373 e. The number of thioether (sulfide) groups is 1. The van der Waals surface area contributed by atoms with Crippen molar-refractivity contribution in [3.8, 4) is 5.75 Å². The lowest BCUT2D eigenvalue weighted by Gasteiger charge is -2.09. The molecule has 1 aliphatic heterocycles. The van der Waals surface area contributed by atoms with E-state index in [-0.39, 0.29) is 28.5 Å². The number of nitro groups is 1. The SMILES string of the molecule is COC(=O)c1ccc(CN2C(=O)SC(=Cc3cccc([N+](=O)[O-])c3O)C2=O)o1. The van der Waals surface area contributed by atoms with Crippen molar-refractivity contribution in [3.05, 3.63) is 62.4 Å². The Balaban J connectivity index is 1.83. The van der Waals surface area contributed by atoms with Crippen LogP contribution >= 0.6 is 11.8 Å². The molecule has 1 aliphatic rings. The zero-order valence-corrected chi connectivity index (χ0v) is 15.1. The molecule has 0 spiro atoms. The van der Waals surface area contributed by atoms with Crippen LogP contribution in [0.1, 0.15) is 21.9 Å². The second-order valence-electron chi connectivity index (χ2n) is 5.50. The van der Waals surface area contributed by atoms with Crippen LogP contribution in [0.3, 0.4) is 0 Å². The van der Waals surface area contributed by atoms with Crippen molar-refractivity contribution in [3.63, 3.8) is 0 Å². The van der Waals surface area contributed by atoms with Gasteiger partial charge < -0.3 is 14.3 Å². The molecule has 0 atom stereocenters. The smallest absolute Gasteiger partial charge is 0.373 e. The molecule has 11 heteroatoms. The number of ether oxygens (including phenoxy) is 1. The summed E-state index contributed by atoms with van der Waals surface area (Å²) >= 11 is 0.621. The minimum absolute atomic E-state index is 0.0134.